The van der Waals surface area contributed by atoms with Gasteiger partial charge in [-0.05, 0) is 6.92 Å². The summed E-state index contributed by atoms with van der Waals surface area (Å²) in [4.78, 5) is 30.2. The smallest absolute Gasteiger partial charge is 0.327 e. The lowest BCUT2D eigenvalue weighted by molar-refractivity contribution is -0.149. The Morgan fingerprint density at radius 2 is 1.88 bits per heavy atom. The maximum absolute atomic E-state index is 10.6. The van der Waals surface area contributed by atoms with Crippen LogP contribution in [-0.2, 0) is 19.1 Å². The van der Waals surface area contributed by atoms with Crippen molar-refractivity contribution >= 4 is 17.7 Å². The Kier molecular flexibility index (Phi) is 11.2. The lowest BCUT2D eigenvalue weighted by Gasteiger charge is -2.06. The Bertz CT molecular complexity index is 272. The molecule has 98 valence electrons. The first-order valence-corrected chi connectivity index (χ1v) is 4.62. The Balaban J connectivity index is 0. The quantitative estimate of drug-likeness (QED) is 0.317. The van der Waals surface area contributed by atoms with Gasteiger partial charge in [-0.2, -0.15) is 0 Å². The van der Waals surface area contributed by atoms with Crippen LogP contribution in [0.2, 0.25) is 0 Å². The summed E-state index contributed by atoms with van der Waals surface area (Å²) in [7, 11) is 0. The second-order valence-electron chi connectivity index (χ2n) is 2.94. The molecule has 0 spiro atoms. The molecule has 7 nitrogen and oxygen atoms in total. The van der Waals surface area contributed by atoms with Crippen molar-refractivity contribution in [3.63, 3.8) is 0 Å². The third-order valence-corrected chi connectivity index (χ3v) is 1.22. The van der Waals surface area contributed by atoms with E-state index >= 15 is 0 Å². The largest absolute Gasteiger partial charge is 0.478 e. The molecule has 0 rings (SSSR count). The Hall–Kier alpha value is -1.73. The second-order valence-corrected chi connectivity index (χ2v) is 2.94. The molecule has 0 amide bonds. The molecule has 0 radical (unpaired) electrons. The Labute approximate surface area is 98.3 Å². The van der Waals surface area contributed by atoms with E-state index in [0.29, 0.717) is 0 Å². The molecule has 0 saturated heterocycles. The average molecular weight is 248 g/mol. The van der Waals surface area contributed by atoms with Crippen LogP contribution in [-0.4, -0.2) is 52.4 Å². The number of esters is 1. The zero-order chi connectivity index (χ0) is 13.8. The third-order valence-electron chi connectivity index (χ3n) is 1.22. The number of ether oxygens (including phenoxy) is 1. The fourth-order valence-corrected chi connectivity index (χ4v) is 0.496. The van der Waals surface area contributed by atoms with Gasteiger partial charge in [0.25, 0.3) is 0 Å². The highest BCUT2D eigenvalue weighted by molar-refractivity contribution is 5.94. The standard InChI is InChI=1S/C7H12O5.C3H4O2/c1-5(9)2-7(11)12-4-6(10)3-8;1-2-3(4)5/h6,8,10H,2-4H2,1H3;2H,1H2,(H,4,5). The van der Waals surface area contributed by atoms with E-state index < -0.39 is 24.6 Å². The molecule has 3 N–H and O–H groups in total. The predicted molar refractivity (Wildman–Crippen MR) is 57.2 cm³/mol. The van der Waals surface area contributed by atoms with Crippen LogP contribution in [0.25, 0.3) is 0 Å². The zero-order valence-corrected chi connectivity index (χ0v) is 9.46. The number of aliphatic carboxylic acids is 1. The maximum atomic E-state index is 10.6. The summed E-state index contributed by atoms with van der Waals surface area (Å²) in [5.74, 6) is -1.96. The van der Waals surface area contributed by atoms with Gasteiger partial charge in [-0.15, -0.1) is 0 Å². The van der Waals surface area contributed by atoms with Crippen molar-refractivity contribution in [2.75, 3.05) is 13.2 Å². The molecular formula is C10H16O7. The van der Waals surface area contributed by atoms with E-state index in [9.17, 15) is 14.4 Å². The molecule has 1 atom stereocenters. The second kappa shape index (κ2) is 10.8. The molecule has 0 aliphatic carbocycles. The highest BCUT2D eigenvalue weighted by Gasteiger charge is 2.09. The van der Waals surface area contributed by atoms with E-state index in [0.717, 1.165) is 6.08 Å². The summed E-state index contributed by atoms with van der Waals surface area (Å²) in [6.07, 6.45) is -0.529. The number of aliphatic hydroxyl groups is 2. The van der Waals surface area contributed by atoms with Gasteiger partial charge in [0, 0.05) is 6.08 Å². The van der Waals surface area contributed by atoms with Crippen molar-refractivity contribution < 1.29 is 34.4 Å². The number of hydrogen-bond acceptors (Lipinski definition) is 6. The maximum Gasteiger partial charge on any atom is 0.327 e. The molecule has 0 aliphatic heterocycles. The van der Waals surface area contributed by atoms with Gasteiger partial charge in [0.2, 0.25) is 0 Å². The van der Waals surface area contributed by atoms with Gasteiger partial charge in [-0.25, -0.2) is 4.79 Å². The van der Waals surface area contributed by atoms with Crippen LogP contribution < -0.4 is 0 Å². The minimum Gasteiger partial charge on any atom is -0.478 e. The molecule has 0 aromatic rings. The van der Waals surface area contributed by atoms with Gasteiger partial charge < -0.3 is 20.1 Å². The van der Waals surface area contributed by atoms with E-state index in [1.807, 2.05) is 0 Å². The van der Waals surface area contributed by atoms with Gasteiger partial charge in [-0.3, -0.25) is 9.59 Å². The van der Waals surface area contributed by atoms with Crippen molar-refractivity contribution in [1.29, 1.82) is 0 Å². The van der Waals surface area contributed by atoms with Crippen LogP contribution in [0.1, 0.15) is 13.3 Å². The van der Waals surface area contributed by atoms with E-state index in [4.69, 9.17) is 15.3 Å². The van der Waals surface area contributed by atoms with E-state index in [-0.39, 0.29) is 18.8 Å². The Morgan fingerprint density at radius 1 is 1.41 bits per heavy atom. The van der Waals surface area contributed by atoms with Crippen LogP contribution in [0.5, 0.6) is 0 Å². The predicted octanol–water partition coefficient (Wildman–Crippen LogP) is -0.881. The number of carbonyl (C=O) groups is 3. The first kappa shape index (κ1) is 17.7. The molecule has 0 aliphatic rings. The monoisotopic (exact) mass is 248 g/mol. The number of carboxylic acid groups (broad SMARTS) is 1. The highest BCUT2D eigenvalue weighted by Crippen LogP contribution is 1.90. The molecule has 0 heterocycles. The molecule has 1 unspecified atom stereocenters. The zero-order valence-electron chi connectivity index (χ0n) is 9.46. The lowest BCUT2D eigenvalue weighted by atomic mass is 10.3. The number of ketones is 1. The number of hydrogen-bond donors (Lipinski definition) is 3. The summed E-state index contributed by atoms with van der Waals surface area (Å²) < 4.78 is 4.44. The van der Waals surface area contributed by atoms with Gasteiger partial charge in [0.1, 0.15) is 24.9 Å². The van der Waals surface area contributed by atoms with E-state index in [1.54, 1.807) is 0 Å². The number of carboxylic acids is 1. The number of aliphatic hydroxyl groups excluding tert-OH is 2. The summed E-state index contributed by atoms with van der Waals surface area (Å²) in [6.45, 7) is 3.49. The summed E-state index contributed by atoms with van der Waals surface area (Å²) in [6, 6.07) is 0. The van der Waals surface area contributed by atoms with Crippen LogP contribution in [0.3, 0.4) is 0 Å². The van der Waals surface area contributed by atoms with Gasteiger partial charge in [0.05, 0.1) is 6.61 Å². The molecule has 17 heavy (non-hydrogen) atoms. The molecule has 0 saturated carbocycles. The first-order valence-electron chi connectivity index (χ1n) is 4.62. The SMILES string of the molecule is C=CC(=O)O.CC(=O)CC(=O)OCC(O)CO. The molecule has 7 heteroatoms. The van der Waals surface area contributed by atoms with Gasteiger partial charge in [0.15, 0.2) is 0 Å². The minimum absolute atomic E-state index is 0.275. The van der Waals surface area contributed by atoms with Crippen molar-refractivity contribution in [2.24, 2.45) is 0 Å². The Morgan fingerprint density at radius 3 is 2.18 bits per heavy atom. The van der Waals surface area contributed by atoms with Crippen molar-refractivity contribution in [3.05, 3.63) is 12.7 Å². The number of carbonyl (C=O) groups excluding carboxylic acids is 2. The number of Topliss-reactive ketones (excluding diaryl/α,β-unsaturated/α-hetero) is 1. The normalized spacial score (nSPS) is 10.5. The van der Waals surface area contributed by atoms with Gasteiger partial charge in [-0.1, -0.05) is 6.58 Å². The first-order chi connectivity index (χ1) is 7.83. The van der Waals surface area contributed by atoms with Crippen LogP contribution in [0.4, 0.5) is 0 Å². The van der Waals surface area contributed by atoms with Crippen LogP contribution >= 0.6 is 0 Å². The van der Waals surface area contributed by atoms with Crippen molar-refractivity contribution in [3.8, 4) is 0 Å². The van der Waals surface area contributed by atoms with Crippen LogP contribution in [0.15, 0.2) is 12.7 Å². The summed E-state index contributed by atoms with van der Waals surface area (Å²) >= 11 is 0. The molecule has 0 aromatic carbocycles. The number of rotatable bonds is 6. The molecular weight excluding hydrogens is 232 g/mol. The molecule has 0 aromatic heterocycles. The van der Waals surface area contributed by atoms with E-state index in [2.05, 4.69) is 11.3 Å². The van der Waals surface area contributed by atoms with Crippen molar-refractivity contribution in [1.82, 2.24) is 0 Å². The van der Waals surface area contributed by atoms with Gasteiger partial charge >= 0.3 is 11.9 Å². The summed E-state index contributed by atoms with van der Waals surface area (Å²) in [5.41, 5.74) is 0. The van der Waals surface area contributed by atoms with E-state index in [1.165, 1.54) is 6.92 Å². The minimum atomic E-state index is -1.07. The third kappa shape index (κ3) is 16.9. The fourth-order valence-electron chi connectivity index (χ4n) is 0.496. The highest BCUT2D eigenvalue weighted by atomic mass is 16.5. The topological polar surface area (TPSA) is 121 Å². The lowest BCUT2D eigenvalue weighted by Crippen LogP contribution is -2.22. The average Bonchev–Trinajstić information content (AvgIpc) is 2.25. The van der Waals surface area contributed by atoms with Crippen molar-refractivity contribution in [2.45, 2.75) is 19.4 Å². The fraction of sp³-hybridized carbons (Fsp3) is 0.500. The molecule has 0 bridgehead atoms. The summed E-state index contributed by atoms with van der Waals surface area (Å²) in [5, 5.41) is 24.7. The molecule has 0 fully saturated rings. The van der Waals surface area contributed by atoms with Crippen LogP contribution in [0, 0.1) is 0 Å².